The predicted molar refractivity (Wildman–Crippen MR) is 203 cm³/mol. The fourth-order valence-electron chi connectivity index (χ4n) is 11.7. The first kappa shape index (κ1) is 40.7. The maximum absolute atomic E-state index is 11.7. The summed E-state index contributed by atoms with van der Waals surface area (Å²) < 4.78 is 25.9. The predicted octanol–water partition coefficient (Wildman–Crippen LogP) is 10.2. The molecule has 4 nitrogen and oxygen atoms in total. The summed E-state index contributed by atoms with van der Waals surface area (Å²) in [5.74, 6) is 3.80. The summed E-state index contributed by atoms with van der Waals surface area (Å²) in [5.41, 5.74) is 4.31. The Kier molecular flexibility index (Phi) is 14.1. The minimum Gasteiger partial charge on any atom is -0.396 e. The lowest BCUT2D eigenvalue weighted by Crippen LogP contribution is -2.61. The van der Waals surface area contributed by atoms with E-state index in [1.165, 1.54) is 75.2 Å². The first-order valence-electron chi connectivity index (χ1n) is 17.9. The van der Waals surface area contributed by atoms with Crippen LogP contribution in [0.15, 0.2) is 43.0 Å². The Bertz CT molecular complexity index is 1350. The van der Waals surface area contributed by atoms with Crippen LogP contribution >= 0.6 is 0 Å². The molecule has 0 spiro atoms. The van der Waals surface area contributed by atoms with E-state index in [1.54, 1.807) is 6.08 Å². The number of allylic oxidation sites excluding steroid dienone is 3. The molecule has 0 saturated heterocycles. The number of aliphatic hydroxyl groups excluding tert-OH is 1. The number of rotatable bonds is 4. The highest BCUT2D eigenvalue weighted by atomic mass is 32.2. The van der Waals surface area contributed by atoms with Gasteiger partial charge >= 0.3 is 0 Å². The van der Waals surface area contributed by atoms with Gasteiger partial charge in [0.2, 0.25) is 10.0 Å². The zero-order chi connectivity index (χ0) is 35.8. The summed E-state index contributed by atoms with van der Waals surface area (Å²) in [6.07, 6.45) is 34.5. The maximum atomic E-state index is 11.7. The average molecular weight is 664 g/mol. The van der Waals surface area contributed by atoms with Gasteiger partial charge in [-0.3, -0.25) is 4.72 Å². The molecule has 262 valence electrons. The van der Waals surface area contributed by atoms with Crippen LogP contribution in [0.5, 0.6) is 0 Å². The van der Waals surface area contributed by atoms with Crippen molar-refractivity contribution >= 4 is 21.3 Å². The van der Waals surface area contributed by atoms with E-state index in [-0.39, 0.29) is 10.8 Å². The van der Waals surface area contributed by atoms with Gasteiger partial charge in [0, 0.05) is 12.3 Å². The summed E-state index contributed by atoms with van der Waals surface area (Å²) in [6, 6.07) is 8.00. The Labute approximate surface area is 289 Å². The molecule has 4 saturated carbocycles. The third-order valence-corrected chi connectivity index (χ3v) is 13.7. The molecule has 2 N–H and O–H groups in total. The second-order valence-corrected chi connectivity index (χ2v) is 17.2. The zero-order valence-electron chi connectivity index (χ0n) is 30.8. The molecule has 0 radical (unpaired) electrons. The molecule has 0 amide bonds. The van der Waals surface area contributed by atoms with Crippen molar-refractivity contribution in [1.82, 2.24) is 0 Å². The van der Waals surface area contributed by atoms with Crippen LogP contribution in [0.25, 0.3) is 5.57 Å². The highest BCUT2D eigenvalue weighted by molar-refractivity contribution is 7.92. The molecule has 5 heteroatoms. The smallest absolute Gasteiger partial charge is 0.229 e. The number of nitrogens with one attached hydrogen (secondary N) is 1. The number of hydrogen-bond donors (Lipinski definition) is 2. The molecule has 5 aliphatic rings. The quantitative estimate of drug-likeness (QED) is 0.249. The lowest BCUT2D eigenvalue weighted by atomic mass is 9.36. The maximum Gasteiger partial charge on any atom is 0.229 e. The number of sulfonamides is 1. The molecule has 5 aliphatic carbocycles. The third kappa shape index (κ3) is 7.58. The molecule has 1 aromatic carbocycles. The Balaban J connectivity index is 0.000000782. The van der Waals surface area contributed by atoms with Gasteiger partial charge in [-0.15, -0.1) is 32.3 Å². The fraction of sp³-hybridized carbons (Fsp3) is 0.667. The van der Waals surface area contributed by atoms with Gasteiger partial charge in [0.15, 0.2) is 0 Å². The van der Waals surface area contributed by atoms with Crippen LogP contribution in [0.4, 0.5) is 5.69 Å². The topological polar surface area (TPSA) is 66.4 Å². The van der Waals surface area contributed by atoms with Gasteiger partial charge in [-0.05, 0) is 139 Å². The SMILES string of the molecule is C#C.C#C.C=CC.CC.CC1(C)C(c2ccc(NS(C)(=O)=O)cc2)=CC[C@@]2(C)C1CC[C@@]1(C)C3CC[C@@]4(CO)CCCC4[C@H]3CCC12. The number of anilines is 1. The van der Waals surface area contributed by atoms with Gasteiger partial charge in [0.25, 0.3) is 0 Å². The number of terminal acetylenes is 2. The van der Waals surface area contributed by atoms with Gasteiger partial charge in [-0.1, -0.05) is 72.2 Å². The van der Waals surface area contributed by atoms with Crippen LogP contribution in [0.3, 0.4) is 0 Å². The standard InChI is InChI=1S/C33H49NO3S.C3H6.C2H6.2C2H2/c1-30(2)25(22-8-10-23(11-9-22)34-38(5,36)37)14-18-32(4)28(30)16-19-31(3)26-15-20-33(21-35)17-6-7-27(33)24(26)12-13-29(31)32;1-3-2;3*1-2/h8-11,14,24,26-29,34-35H,6-7,12-13,15-21H2,1-5H3;3H,1H2,2H3;1-2H3;2*1-2H/t24-,26?,27?,28?,29?,31-,32-,33+;;;;/m0..../s1. The molecule has 4 unspecified atom stereocenters. The van der Waals surface area contributed by atoms with Crippen molar-refractivity contribution in [2.75, 3.05) is 17.6 Å². The van der Waals surface area contributed by atoms with Gasteiger partial charge in [-0.2, -0.15) is 0 Å². The van der Waals surface area contributed by atoms with E-state index in [0.717, 1.165) is 30.1 Å². The van der Waals surface area contributed by atoms with E-state index in [9.17, 15) is 13.5 Å². The van der Waals surface area contributed by atoms with Crippen molar-refractivity contribution in [3.8, 4) is 25.7 Å². The molecular formula is C42H65NO3S. The molecule has 0 aliphatic heterocycles. The van der Waals surface area contributed by atoms with Crippen LogP contribution in [-0.4, -0.2) is 26.4 Å². The molecule has 0 bridgehead atoms. The van der Waals surface area contributed by atoms with Gasteiger partial charge in [-0.25, -0.2) is 8.42 Å². The number of benzene rings is 1. The van der Waals surface area contributed by atoms with Crippen molar-refractivity contribution < 1.29 is 13.5 Å². The van der Waals surface area contributed by atoms with E-state index in [4.69, 9.17) is 0 Å². The lowest BCUT2D eigenvalue weighted by molar-refractivity contribution is -0.181. The van der Waals surface area contributed by atoms with Crippen molar-refractivity contribution in [3.63, 3.8) is 0 Å². The first-order valence-corrected chi connectivity index (χ1v) is 19.8. The first-order chi connectivity index (χ1) is 22.3. The summed E-state index contributed by atoms with van der Waals surface area (Å²) in [5, 5.41) is 10.4. The summed E-state index contributed by atoms with van der Waals surface area (Å²) in [7, 11) is -3.27. The Morgan fingerprint density at radius 2 is 1.47 bits per heavy atom. The summed E-state index contributed by atoms with van der Waals surface area (Å²) in [4.78, 5) is 0. The van der Waals surface area contributed by atoms with Crippen LogP contribution in [0.1, 0.15) is 118 Å². The monoisotopic (exact) mass is 663 g/mol. The number of hydrogen-bond acceptors (Lipinski definition) is 3. The number of aliphatic hydroxyl groups is 1. The van der Waals surface area contributed by atoms with Crippen LogP contribution in [0, 0.1) is 76.9 Å². The highest BCUT2D eigenvalue weighted by Gasteiger charge is 2.65. The van der Waals surface area contributed by atoms with Crippen molar-refractivity contribution in [2.45, 2.75) is 113 Å². The number of fused-ring (bicyclic) bond motifs is 7. The van der Waals surface area contributed by atoms with E-state index >= 15 is 0 Å². The normalized spacial score (nSPS) is 35.9. The molecule has 47 heavy (non-hydrogen) atoms. The molecule has 6 rings (SSSR count). The second-order valence-electron chi connectivity index (χ2n) is 15.5. The van der Waals surface area contributed by atoms with E-state index in [0.29, 0.717) is 29.0 Å². The molecular weight excluding hydrogens is 599 g/mol. The van der Waals surface area contributed by atoms with Crippen molar-refractivity contribution in [1.29, 1.82) is 0 Å². The third-order valence-electron chi connectivity index (χ3n) is 13.1. The van der Waals surface area contributed by atoms with Crippen molar-refractivity contribution in [3.05, 3.63) is 48.6 Å². The summed E-state index contributed by atoms with van der Waals surface area (Å²) in [6.45, 7) is 19.9. The fourth-order valence-corrected chi connectivity index (χ4v) is 12.2. The minimum atomic E-state index is -3.27. The molecule has 0 aromatic heterocycles. The summed E-state index contributed by atoms with van der Waals surface area (Å²) >= 11 is 0. The lowest BCUT2D eigenvalue weighted by Gasteiger charge is -2.68. The largest absolute Gasteiger partial charge is 0.396 e. The Morgan fingerprint density at radius 1 is 0.872 bits per heavy atom. The Hall–Kier alpha value is -2.47. The Morgan fingerprint density at radius 3 is 2.02 bits per heavy atom. The van der Waals surface area contributed by atoms with Crippen LogP contribution in [-0.2, 0) is 10.0 Å². The van der Waals surface area contributed by atoms with E-state index in [2.05, 4.69) is 82.9 Å². The van der Waals surface area contributed by atoms with Crippen molar-refractivity contribution in [2.24, 2.45) is 51.2 Å². The second kappa shape index (κ2) is 16.3. The molecule has 0 heterocycles. The molecule has 1 aromatic rings. The zero-order valence-corrected chi connectivity index (χ0v) is 31.6. The van der Waals surface area contributed by atoms with Gasteiger partial charge < -0.3 is 5.11 Å². The minimum absolute atomic E-state index is 0.0705. The van der Waals surface area contributed by atoms with Gasteiger partial charge in [0.05, 0.1) is 6.26 Å². The molecule has 8 atom stereocenters. The average Bonchev–Trinajstić information content (AvgIpc) is 3.49. The highest BCUT2D eigenvalue weighted by Crippen LogP contribution is 2.73. The van der Waals surface area contributed by atoms with Crippen LogP contribution in [0.2, 0.25) is 0 Å². The van der Waals surface area contributed by atoms with Crippen LogP contribution < -0.4 is 4.72 Å². The molecule has 4 fully saturated rings. The van der Waals surface area contributed by atoms with Gasteiger partial charge in [0.1, 0.15) is 0 Å². The van der Waals surface area contributed by atoms with E-state index < -0.39 is 10.0 Å². The van der Waals surface area contributed by atoms with E-state index in [1.807, 2.05) is 32.9 Å².